The van der Waals surface area contributed by atoms with Gasteiger partial charge in [-0.25, -0.2) is 4.39 Å². The van der Waals surface area contributed by atoms with E-state index in [9.17, 15) is 14.0 Å². The maximum atomic E-state index is 13.0. The van der Waals surface area contributed by atoms with Gasteiger partial charge in [0.2, 0.25) is 5.91 Å². The van der Waals surface area contributed by atoms with Crippen LogP contribution in [0.25, 0.3) is 0 Å². The van der Waals surface area contributed by atoms with Crippen LogP contribution in [0.5, 0.6) is 11.5 Å². The van der Waals surface area contributed by atoms with E-state index in [2.05, 4.69) is 0 Å². The topological polar surface area (TPSA) is 68.3 Å². The van der Waals surface area contributed by atoms with E-state index in [4.69, 9.17) is 14.2 Å². The molecule has 0 bridgehead atoms. The molecule has 7 nitrogen and oxygen atoms in total. The largest absolute Gasteiger partial charge is 0.491 e. The lowest BCUT2D eigenvalue weighted by Gasteiger charge is -2.26. The van der Waals surface area contributed by atoms with Crippen molar-refractivity contribution in [2.24, 2.45) is 0 Å². The third-order valence-electron chi connectivity index (χ3n) is 5.62. The number of fused-ring (bicyclic) bond motifs is 1. The fraction of sp³-hybridized carbons (Fsp3) is 0.417. The van der Waals surface area contributed by atoms with E-state index in [-0.39, 0.29) is 24.2 Å². The van der Waals surface area contributed by atoms with Crippen LogP contribution in [0.4, 0.5) is 4.39 Å². The monoisotopic (exact) mass is 442 g/mol. The average molecular weight is 442 g/mol. The number of carbonyl (C=O) groups excluding carboxylic acids is 2. The summed E-state index contributed by atoms with van der Waals surface area (Å²) in [6.07, 6.45) is 1.07. The van der Waals surface area contributed by atoms with Crippen LogP contribution in [0.1, 0.15) is 17.5 Å². The Balaban J connectivity index is 1.34. The zero-order valence-corrected chi connectivity index (χ0v) is 17.9. The molecule has 8 heteroatoms. The molecule has 0 unspecified atom stereocenters. The molecular formula is C24H27FN2O5. The molecule has 32 heavy (non-hydrogen) atoms. The number of benzene rings is 2. The van der Waals surface area contributed by atoms with Gasteiger partial charge in [0, 0.05) is 31.6 Å². The fourth-order valence-electron chi connectivity index (χ4n) is 3.81. The number of rotatable bonds is 6. The van der Waals surface area contributed by atoms with Crippen LogP contribution in [0.2, 0.25) is 0 Å². The van der Waals surface area contributed by atoms with Gasteiger partial charge < -0.3 is 24.0 Å². The van der Waals surface area contributed by atoms with Gasteiger partial charge in [-0.15, -0.1) is 0 Å². The molecule has 2 heterocycles. The molecule has 0 N–H and O–H groups in total. The fourth-order valence-corrected chi connectivity index (χ4v) is 3.81. The van der Waals surface area contributed by atoms with Gasteiger partial charge in [-0.3, -0.25) is 9.59 Å². The Kier molecular flexibility index (Phi) is 7.21. The van der Waals surface area contributed by atoms with Crippen LogP contribution in [-0.4, -0.2) is 67.7 Å². The quantitative estimate of drug-likeness (QED) is 0.687. The number of halogens is 1. The lowest BCUT2D eigenvalue weighted by atomic mass is 10.0. The Hall–Kier alpha value is -3.13. The zero-order chi connectivity index (χ0) is 22.3. The Morgan fingerprint density at radius 1 is 0.938 bits per heavy atom. The summed E-state index contributed by atoms with van der Waals surface area (Å²) in [7, 11) is 0. The summed E-state index contributed by atoms with van der Waals surface area (Å²) < 4.78 is 29.6. The summed E-state index contributed by atoms with van der Waals surface area (Å²) in [5.74, 6) is 0.807. The van der Waals surface area contributed by atoms with Gasteiger partial charge >= 0.3 is 0 Å². The van der Waals surface area contributed by atoms with Gasteiger partial charge in [0.15, 0.2) is 6.61 Å². The lowest BCUT2D eigenvalue weighted by molar-refractivity contribution is -0.135. The van der Waals surface area contributed by atoms with Crippen molar-refractivity contribution in [1.29, 1.82) is 0 Å². The normalized spacial score (nSPS) is 16.0. The molecule has 1 saturated heterocycles. The first-order valence-electron chi connectivity index (χ1n) is 10.8. The van der Waals surface area contributed by atoms with E-state index in [1.54, 1.807) is 4.90 Å². The second kappa shape index (κ2) is 10.5. The van der Waals surface area contributed by atoms with Crippen LogP contribution in [0, 0.1) is 5.82 Å². The van der Waals surface area contributed by atoms with E-state index in [1.165, 1.54) is 24.3 Å². The molecule has 4 rings (SSSR count). The molecule has 0 saturated carbocycles. The van der Waals surface area contributed by atoms with Crippen LogP contribution < -0.4 is 9.47 Å². The minimum Gasteiger partial charge on any atom is -0.491 e. The molecule has 0 atom stereocenters. The summed E-state index contributed by atoms with van der Waals surface area (Å²) in [5, 5.41) is 0. The zero-order valence-electron chi connectivity index (χ0n) is 17.9. The van der Waals surface area contributed by atoms with Gasteiger partial charge in [-0.2, -0.15) is 0 Å². The van der Waals surface area contributed by atoms with Gasteiger partial charge in [0.1, 0.15) is 23.9 Å². The Morgan fingerprint density at radius 3 is 2.47 bits per heavy atom. The van der Waals surface area contributed by atoms with Crippen molar-refractivity contribution in [2.45, 2.75) is 19.4 Å². The molecule has 0 aliphatic carbocycles. The Labute approximate surface area is 186 Å². The number of hydrogen-bond acceptors (Lipinski definition) is 5. The molecule has 2 aliphatic rings. The molecule has 2 aliphatic heterocycles. The predicted octanol–water partition coefficient (Wildman–Crippen LogP) is 2.42. The Morgan fingerprint density at radius 2 is 1.69 bits per heavy atom. The number of hydrogen-bond donors (Lipinski definition) is 0. The molecule has 2 amide bonds. The lowest BCUT2D eigenvalue weighted by Crippen LogP contribution is -2.40. The maximum Gasteiger partial charge on any atom is 0.260 e. The number of carbonyl (C=O) groups is 2. The van der Waals surface area contributed by atoms with Crippen molar-refractivity contribution in [3.8, 4) is 11.5 Å². The first kappa shape index (κ1) is 22.1. The molecule has 0 spiro atoms. The van der Waals surface area contributed by atoms with Gasteiger partial charge in [0.05, 0.1) is 19.8 Å². The molecule has 1 fully saturated rings. The molecule has 170 valence electrons. The number of ether oxygens (including phenoxy) is 3. The number of nitrogens with zero attached hydrogens (tertiary/aromatic N) is 2. The van der Waals surface area contributed by atoms with Gasteiger partial charge in [0.25, 0.3) is 5.91 Å². The summed E-state index contributed by atoms with van der Waals surface area (Å²) in [5.41, 5.74) is 1.94. The van der Waals surface area contributed by atoms with Crippen molar-refractivity contribution in [1.82, 2.24) is 9.80 Å². The number of amides is 2. The van der Waals surface area contributed by atoms with Crippen molar-refractivity contribution in [3.05, 3.63) is 59.4 Å². The highest BCUT2D eigenvalue weighted by Gasteiger charge is 2.21. The van der Waals surface area contributed by atoms with Crippen LogP contribution >= 0.6 is 0 Å². The van der Waals surface area contributed by atoms with Crippen LogP contribution in [-0.2, 0) is 27.3 Å². The van der Waals surface area contributed by atoms with Crippen molar-refractivity contribution in [2.75, 3.05) is 46.1 Å². The van der Waals surface area contributed by atoms with Gasteiger partial charge in [-0.1, -0.05) is 12.1 Å². The number of morpholine rings is 1. The van der Waals surface area contributed by atoms with Crippen molar-refractivity contribution < 1.29 is 28.2 Å². The van der Waals surface area contributed by atoms with Crippen LogP contribution in [0.3, 0.4) is 0 Å². The van der Waals surface area contributed by atoms with E-state index in [0.29, 0.717) is 64.6 Å². The highest BCUT2D eigenvalue weighted by Crippen LogP contribution is 2.25. The molecule has 0 aromatic heterocycles. The van der Waals surface area contributed by atoms with Gasteiger partial charge in [-0.05, 0) is 42.3 Å². The maximum absolute atomic E-state index is 13.0. The summed E-state index contributed by atoms with van der Waals surface area (Å²) in [6, 6.07) is 11.5. The SMILES string of the molecule is O=C(CCc1ccc2c(c1)CN(C(=O)COc1ccc(F)cc1)CCO2)N1CCOCC1. The Bertz CT molecular complexity index is 944. The predicted molar refractivity (Wildman–Crippen MR) is 115 cm³/mol. The first-order chi connectivity index (χ1) is 15.6. The molecule has 2 aromatic carbocycles. The molecule has 0 radical (unpaired) electrons. The van der Waals surface area contributed by atoms with E-state index < -0.39 is 0 Å². The highest BCUT2D eigenvalue weighted by molar-refractivity contribution is 5.78. The second-order valence-electron chi connectivity index (χ2n) is 7.84. The second-order valence-corrected chi connectivity index (χ2v) is 7.84. The standard InChI is InChI=1S/C24H27FN2O5/c25-20-3-5-21(6-4-20)32-17-24(29)27-11-14-31-22-7-1-18(15-19(22)16-27)2-8-23(28)26-9-12-30-13-10-26/h1,3-7,15H,2,8-14,16-17H2. The summed E-state index contributed by atoms with van der Waals surface area (Å²) >= 11 is 0. The highest BCUT2D eigenvalue weighted by atomic mass is 19.1. The smallest absolute Gasteiger partial charge is 0.260 e. The summed E-state index contributed by atoms with van der Waals surface area (Å²) in [4.78, 5) is 28.6. The average Bonchev–Trinajstić information content (AvgIpc) is 3.04. The minimum atomic E-state index is -0.354. The van der Waals surface area contributed by atoms with Crippen molar-refractivity contribution in [3.63, 3.8) is 0 Å². The summed E-state index contributed by atoms with van der Waals surface area (Å²) in [6.45, 7) is 3.60. The van der Waals surface area contributed by atoms with E-state index >= 15 is 0 Å². The van der Waals surface area contributed by atoms with E-state index in [0.717, 1.165) is 16.9 Å². The first-order valence-corrected chi connectivity index (χ1v) is 10.8. The van der Waals surface area contributed by atoms with Crippen molar-refractivity contribution >= 4 is 11.8 Å². The van der Waals surface area contributed by atoms with E-state index in [1.807, 2.05) is 23.1 Å². The minimum absolute atomic E-state index is 0.130. The molecular weight excluding hydrogens is 415 g/mol. The number of aryl methyl sites for hydroxylation is 1. The van der Waals surface area contributed by atoms with Crippen LogP contribution in [0.15, 0.2) is 42.5 Å². The third kappa shape index (κ3) is 5.76. The molecule has 2 aromatic rings. The third-order valence-corrected chi connectivity index (χ3v) is 5.62.